The van der Waals surface area contributed by atoms with Crippen LogP contribution in [0.1, 0.15) is 39.9 Å². The number of ether oxygens (including phenoxy) is 1. The fourth-order valence-corrected chi connectivity index (χ4v) is 4.57. The SMILES string of the molecule is C=C1NC(=O)N(Cc2ccc(Cl)cc2)c2nc(COc3cccc(C(=O)NCc4ccccc4)c3)n(CC)c21. The lowest BCUT2D eigenvalue weighted by atomic mass is 10.2. The first kappa shape index (κ1) is 26.1. The first-order chi connectivity index (χ1) is 18.9. The largest absolute Gasteiger partial charge is 0.486 e. The fraction of sp³-hybridized carbons (Fsp3) is 0.167. The molecule has 0 saturated carbocycles. The maximum atomic E-state index is 12.9. The minimum Gasteiger partial charge on any atom is -0.486 e. The number of rotatable bonds is 9. The highest BCUT2D eigenvalue weighted by molar-refractivity contribution is 6.30. The molecule has 1 aliphatic heterocycles. The van der Waals surface area contributed by atoms with Gasteiger partial charge in [-0.15, -0.1) is 0 Å². The van der Waals surface area contributed by atoms with Crippen LogP contribution < -0.4 is 20.3 Å². The maximum absolute atomic E-state index is 12.9. The van der Waals surface area contributed by atoms with Gasteiger partial charge in [0.2, 0.25) is 0 Å². The van der Waals surface area contributed by atoms with Crippen LogP contribution in [0.3, 0.4) is 0 Å². The molecule has 3 amide bonds. The second-order valence-electron chi connectivity index (χ2n) is 9.05. The Morgan fingerprint density at radius 3 is 2.56 bits per heavy atom. The average molecular weight is 542 g/mol. The molecule has 0 saturated heterocycles. The van der Waals surface area contributed by atoms with Gasteiger partial charge < -0.3 is 19.9 Å². The van der Waals surface area contributed by atoms with Gasteiger partial charge in [0.1, 0.15) is 23.9 Å². The average Bonchev–Trinajstić information content (AvgIpc) is 3.33. The van der Waals surface area contributed by atoms with Crippen molar-refractivity contribution in [1.29, 1.82) is 0 Å². The predicted octanol–water partition coefficient (Wildman–Crippen LogP) is 5.77. The van der Waals surface area contributed by atoms with Crippen molar-refractivity contribution in [2.45, 2.75) is 33.2 Å². The van der Waals surface area contributed by atoms with Crippen molar-refractivity contribution in [3.63, 3.8) is 0 Å². The highest BCUT2D eigenvalue weighted by Gasteiger charge is 2.32. The third-order valence-corrected chi connectivity index (χ3v) is 6.65. The van der Waals surface area contributed by atoms with E-state index < -0.39 is 0 Å². The van der Waals surface area contributed by atoms with E-state index in [-0.39, 0.29) is 18.5 Å². The van der Waals surface area contributed by atoms with Crippen LogP contribution in [0.15, 0.2) is 85.4 Å². The summed E-state index contributed by atoms with van der Waals surface area (Å²) in [6, 6.07) is 23.8. The van der Waals surface area contributed by atoms with Gasteiger partial charge in [-0.05, 0) is 48.4 Å². The molecule has 0 spiro atoms. The number of benzene rings is 3. The maximum Gasteiger partial charge on any atom is 0.327 e. The molecule has 3 aromatic carbocycles. The minimum atomic E-state index is -0.301. The van der Waals surface area contributed by atoms with Crippen LogP contribution in [0.5, 0.6) is 5.75 Å². The molecular formula is C30H28ClN5O3. The van der Waals surface area contributed by atoms with Gasteiger partial charge >= 0.3 is 6.03 Å². The monoisotopic (exact) mass is 541 g/mol. The zero-order valence-corrected chi connectivity index (χ0v) is 22.2. The minimum absolute atomic E-state index is 0.145. The van der Waals surface area contributed by atoms with Crippen molar-refractivity contribution in [2.75, 3.05) is 4.90 Å². The summed E-state index contributed by atoms with van der Waals surface area (Å²) in [5.74, 6) is 1.51. The number of hydrogen-bond acceptors (Lipinski definition) is 4. The molecule has 39 heavy (non-hydrogen) atoms. The second kappa shape index (κ2) is 11.4. The molecule has 1 aromatic heterocycles. The Morgan fingerprint density at radius 2 is 1.82 bits per heavy atom. The van der Waals surface area contributed by atoms with Crippen molar-refractivity contribution in [3.8, 4) is 5.75 Å². The third-order valence-electron chi connectivity index (χ3n) is 6.40. The van der Waals surface area contributed by atoms with Crippen LogP contribution in [0, 0.1) is 0 Å². The molecule has 2 heterocycles. The van der Waals surface area contributed by atoms with E-state index >= 15 is 0 Å². The van der Waals surface area contributed by atoms with Crippen LogP contribution in [0.25, 0.3) is 5.70 Å². The number of hydrogen-bond donors (Lipinski definition) is 2. The lowest BCUT2D eigenvalue weighted by Crippen LogP contribution is -2.43. The molecule has 0 radical (unpaired) electrons. The molecule has 9 heteroatoms. The van der Waals surface area contributed by atoms with E-state index in [1.54, 1.807) is 41.3 Å². The molecule has 198 valence electrons. The van der Waals surface area contributed by atoms with E-state index in [4.69, 9.17) is 21.3 Å². The molecule has 0 fully saturated rings. The topological polar surface area (TPSA) is 88.5 Å². The number of aromatic nitrogens is 2. The fourth-order valence-electron chi connectivity index (χ4n) is 4.45. The van der Waals surface area contributed by atoms with Gasteiger partial charge in [-0.2, -0.15) is 0 Å². The van der Waals surface area contributed by atoms with Crippen molar-refractivity contribution in [1.82, 2.24) is 20.2 Å². The highest BCUT2D eigenvalue weighted by atomic mass is 35.5. The number of urea groups is 1. The number of imidazole rings is 1. The molecule has 4 aromatic rings. The van der Waals surface area contributed by atoms with Crippen molar-refractivity contribution >= 4 is 35.1 Å². The van der Waals surface area contributed by atoms with Crippen LogP contribution >= 0.6 is 11.6 Å². The number of nitrogens with zero attached hydrogens (tertiary/aromatic N) is 3. The summed E-state index contributed by atoms with van der Waals surface area (Å²) >= 11 is 6.02. The molecular weight excluding hydrogens is 514 g/mol. The van der Waals surface area contributed by atoms with Gasteiger partial charge in [0.25, 0.3) is 5.91 Å². The molecule has 0 aliphatic carbocycles. The van der Waals surface area contributed by atoms with Crippen molar-refractivity contribution < 1.29 is 14.3 Å². The first-order valence-electron chi connectivity index (χ1n) is 12.6. The Labute approximate surface area is 231 Å². The number of fused-ring (bicyclic) bond motifs is 1. The standard InChI is InChI=1S/C30H28ClN5O3/c1-3-35-26(19-39-25-11-7-10-23(16-25)29(37)32-17-21-8-5-4-6-9-21)34-28-27(35)20(2)33-30(38)36(28)18-22-12-14-24(31)15-13-22/h4-16H,2-3,17-19H2,1H3,(H,32,37)(H,33,38). The summed E-state index contributed by atoms with van der Waals surface area (Å²) < 4.78 is 8.04. The number of nitrogens with one attached hydrogen (secondary N) is 2. The van der Waals surface area contributed by atoms with Crippen LogP contribution in [0.2, 0.25) is 5.02 Å². The van der Waals surface area contributed by atoms with E-state index in [0.717, 1.165) is 16.8 Å². The van der Waals surface area contributed by atoms with Crippen LogP contribution in [-0.2, 0) is 26.2 Å². The highest BCUT2D eigenvalue weighted by Crippen LogP contribution is 2.32. The van der Waals surface area contributed by atoms with Crippen molar-refractivity contribution in [3.05, 3.63) is 119 Å². The van der Waals surface area contributed by atoms with E-state index in [1.165, 1.54) is 0 Å². The number of carbonyl (C=O) groups is 2. The Balaban J connectivity index is 1.32. The zero-order valence-electron chi connectivity index (χ0n) is 21.5. The smallest absolute Gasteiger partial charge is 0.327 e. The molecule has 2 N–H and O–H groups in total. The number of halogens is 1. The Hall–Kier alpha value is -4.56. The molecule has 8 nitrogen and oxygen atoms in total. The van der Waals surface area contributed by atoms with Crippen LogP contribution in [0.4, 0.5) is 10.6 Å². The third kappa shape index (κ3) is 5.81. The van der Waals surface area contributed by atoms with Gasteiger partial charge in [-0.25, -0.2) is 9.78 Å². The predicted molar refractivity (Wildman–Crippen MR) is 151 cm³/mol. The van der Waals surface area contributed by atoms with E-state index in [2.05, 4.69) is 17.2 Å². The normalized spacial score (nSPS) is 12.6. The molecule has 0 atom stereocenters. The number of amides is 3. The number of carbonyl (C=O) groups excluding carboxylic acids is 2. The molecule has 1 aliphatic rings. The second-order valence-corrected chi connectivity index (χ2v) is 9.49. The van der Waals surface area contributed by atoms with E-state index in [9.17, 15) is 9.59 Å². The van der Waals surface area contributed by atoms with E-state index in [0.29, 0.717) is 53.3 Å². The van der Waals surface area contributed by atoms with Crippen molar-refractivity contribution in [2.24, 2.45) is 0 Å². The summed E-state index contributed by atoms with van der Waals surface area (Å²) in [5, 5.41) is 6.40. The summed E-state index contributed by atoms with van der Waals surface area (Å²) in [6.45, 7) is 7.55. The Morgan fingerprint density at radius 1 is 1.05 bits per heavy atom. The van der Waals surface area contributed by atoms with Gasteiger partial charge in [-0.3, -0.25) is 9.69 Å². The molecule has 5 rings (SSSR count). The Kier molecular flexibility index (Phi) is 7.65. The zero-order chi connectivity index (χ0) is 27.4. The number of anilines is 1. The van der Waals surface area contributed by atoms with Gasteiger partial charge in [0, 0.05) is 23.7 Å². The van der Waals surface area contributed by atoms with Crippen LogP contribution in [-0.4, -0.2) is 21.5 Å². The van der Waals surface area contributed by atoms with Gasteiger partial charge in [0.15, 0.2) is 5.82 Å². The lowest BCUT2D eigenvalue weighted by molar-refractivity contribution is 0.0950. The molecule has 0 bridgehead atoms. The van der Waals surface area contributed by atoms with E-state index in [1.807, 2.05) is 54.0 Å². The lowest BCUT2D eigenvalue weighted by Gasteiger charge is -2.28. The quantitative estimate of drug-likeness (QED) is 0.282. The van der Waals surface area contributed by atoms with Gasteiger partial charge in [-0.1, -0.05) is 66.7 Å². The summed E-state index contributed by atoms with van der Waals surface area (Å²) in [4.78, 5) is 32.0. The Bertz CT molecular complexity index is 1520. The summed E-state index contributed by atoms with van der Waals surface area (Å²) in [7, 11) is 0. The summed E-state index contributed by atoms with van der Waals surface area (Å²) in [6.07, 6.45) is 0. The summed E-state index contributed by atoms with van der Waals surface area (Å²) in [5.41, 5.74) is 3.66. The van der Waals surface area contributed by atoms with Gasteiger partial charge in [0.05, 0.1) is 12.2 Å². The first-order valence-corrected chi connectivity index (χ1v) is 13.0. The molecule has 0 unspecified atom stereocenters.